The topological polar surface area (TPSA) is 53.7 Å². The van der Waals surface area contributed by atoms with E-state index in [1.165, 1.54) is 11.1 Å². The minimum atomic E-state index is 0.249. The largest absolute Gasteiger partial charge is 0.493 e. The van der Waals surface area contributed by atoms with Crippen LogP contribution in [0.3, 0.4) is 0 Å². The summed E-state index contributed by atoms with van der Waals surface area (Å²) < 4.78 is 16.2. The summed E-state index contributed by atoms with van der Waals surface area (Å²) in [6, 6.07) is 12.5. The van der Waals surface area contributed by atoms with E-state index in [0.717, 1.165) is 12.0 Å². The summed E-state index contributed by atoms with van der Waals surface area (Å²) in [7, 11) is 4.86. The van der Waals surface area contributed by atoms with E-state index in [2.05, 4.69) is 31.2 Å². The van der Waals surface area contributed by atoms with Crippen LogP contribution in [0.4, 0.5) is 0 Å². The Morgan fingerprint density at radius 3 is 1.91 bits per heavy atom. The van der Waals surface area contributed by atoms with Crippen LogP contribution in [0, 0.1) is 6.92 Å². The fourth-order valence-electron chi connectivity index (χ4n) is 2.71. The highest BCUT2D eigenvalue weighted by Gasteiger charge is 2.16. The average Bonchev–Trinajstić information content (AvgIpc) is 2.59. The second-order valence-electron chi connectivity index (χ2n) is 5.58. The number of methoxy groups -OCH3 is 3. The predicted octanol–water partition coefficient (Wildman–Crippen LogP) is 3.31. The predicted molar refractivity (Wildman–Crippen MR) is 92.8 cm³/mol. The van der Waals surface area contributed by atoms with Gasteiger partial charge in [0.1, 0.15) is 0 Å². The van der Waals surface area contributed by atoms with Crippen LogP contribution < -0.4 is 19.9 Å². The molecule has 2 aromatic rings. The molecule has 0 saturated carbocycles. The molecule has 124 valence electrons. The van der Waals surface area contributed by atoms with Crippen molar-refractivity contribution in [2.24, 2.45) is 5.73 Å². The minimum Gasteiger partial charge on any atom is -0.493 e. The molecule has 2 rings (SSSR count). The molecule has 0 fully saturated rings. The monoisotopic (exact) mass is 315 g/mol. The first-order valence-electron chi connectivity index (χ1n) is 7.68. The van der Waals surface area contributed by atoms with Gasteiger partial charge in [0.15, 0.2) is 11.5 Å². The summed E-state index contributed by atoms with van der Waals surface area (Å²) >= 11 is 0. The fraction of sp³-hybridized carbons (Fsp3) is 0.368. The maximum Gasteiger partial charge on any atom is 0.203 e. The molecule has 1 unspecified atom stereocenters. The lowest BCUT2D eigenvalue weighted by molar-refractivity contribution is 0.323. The summed E-state index contributed by atoms with van der Waals surface area (Å²) in [6.07, 6.45) is 0.816. The second-order valence-corrected chi connectivity index (χ2v) is 5.58. The van der Waals surface area contributed by atoms with Gasteiger partial charge < -0.3 is 19.9 Å². The van der Waals surface area contributed by atoms with Crippen molar-refractivity contribution in [1.82, 2.24) is 0 Å². The molecule has 2 aromatic carbocycles. The smallest absolute Gasteiger partial charge is 0.203 e. The van der Waals surface area contributed by atoms with Crippen molar-refractivity contribution in [3.05, 3.63) is 53.1 Å². The molecule has 2 N–H and O–H groups in total. The number of nitrogens with two attached hydrogens (primary N) is 1. The first kappa shape index (κ1) is 17.2. The van der Waals surface area contributed by atoms with Crippen molar-refractivity contribution in [2.45, 2.75) is 19.3 Å². The van der Waals surface area contributed by atoms with Crippen molar-refractivity contribution >= 4 is 0 Å². The second kappa shape index (κ2) is 7.88. The number of aryl methyl sites for hydroxylation is 1. The first-order valence-corrected chi connectivity index (χ1v) is 7.68. The molecule has 0 spiro atoms. The third-order valence-corrected chi connectivity index (χ3v) is 4.04. The Kier molecular flexibility index (Phi) is 5.88. The minimum absolute atomic E-state index is 0.249. The van der Waals surface area contributed by atoms with Crippen LogP contribution in [0.5, 0.6) is 17.2 Å². The zero-order chi connectivity index (χ0) is 16.8. The zero-order valence-electron chi connectivity index (χ0n) is 14.3. The Morgan fingerprint density at radius 1 is 0.913 bits per heavy atom. The van der Waals surface area contributed by atoms with Crippen LogP contribution in [0.25, 0.3) is 0 Å². The molecule has 0 aliphatic heterocycles. The first-order chi connectivity index (χ1) is 11.1. The molecule has 23 heavy (non-hydrogen) atoms. The standard InChI is InChI=1S/C19H25NO3/c1-13-5-7-15(8-6-13)16(12-20)9-14-10-17(21-2)19(23-4)18(11-14)22-3/h5-8,10-11,16H,9,12,20H2,1-4H3. The highest BCUT2D eigenvalue weighted by atomic mass is 16.5. The van der Waals surface area contributed by atoms with Gasteiger partial charge in [-0.15, -0.1) is 0 Å². The van der Waals surface area contributed by atoms with Crippen molar-refractivity contribution in [3.63, 3.8) is 0 Å². The molecule has 0 bridgehead atoms. The van der Waals surface area contributed by atoms with E-state index in [1.54, 1.807) is 21.3 Å². The third kappa shape index (κ3) is 3.96. The van der Waals surface area contributed by atoms with Crippen LogP contribution in [0.2, 0.25) is 0 Å². The van der Waals surface area contributed by atoms with Crippen LogP contribution >= 0.6 is 0 Å². The van der Waals surface area contributed by atoms with E-state index in [-0.39, 0.29) is 5.92 Å². The Labute approximate surface area is 138 Å². The van der Waals surface area contributed by atoms with Gasteiger partial charge in [0.2, 0.25) is 5.75 Å². The van der Waals surface area contributed by atoms with E-state index in [4.69, 9.17) is 19.9 Å². The van der Waals surface area contributed by atoms with Crippen molar-refractivity contribution in [2.75, 3.05) is 27.9 Å². The molecule has 0 aliphatic carbocycles. The summed E-state index contributed by atoms with van der Waals surface area (Å²) in [5.74, 6) is 2.19. The zero-order valence-corrected chi connectivity index (χ0v) is 14.3. The third-order valence-electron chi connectivity index (χ3n) is 4.04. The molecule has 1 atom stereocenters. The van der Waals surface area contributed by atoms with Gasteiger partial charge in [0.05, 0.1) is 21.3 Å². The lowest BCUT2D eigenvalue weighted by Gasteiger charge is -2.18. The number of hydrogen-bond donors (Lipinski definition) is 1. The van der Waals surface area contributed by atoms with Gasteiger partial charge in [-0.1, -0.05) is 29.8 Å². The Hall–Kier alpha value is -2.20. The molecule has 0 radical (unpaired) electrons. The summed E-state index contributed by atoms with van der Waals surface area (Å²) in [4.78, 5) is 0. The van der Waals surface area contributed by atoms with E-state index >= 15 is 0 Å². The normalized spacial score (nSPS) is 11.9. The Morgan fingerprint density at radius 2 is 1.48 bits per heavy atom. The van der Waals surface area contributed by atoms with Crippen LogP contribution in [0.1, 0.15) is 22.6 Å². The van der Waals surface area contributed by atoms with Gasteiger partial charge in [0.25, 0.3) is 0 Å². The van der Waals surface area contributed by atoms with Gasteiger partial charge in [0, 0.05) is 5.92 Å². The quantitative estimate of drug-likeness (QED) is 0.852. The number of rotatable bonds is 7. The van der Waals surface area contributed by atoms with Crippen LogP contribution in [-0.4, -0.2) is 27.9 Å². The van der Waals surface area contributed by atoms with Crippen molar-refractivity contribution in [1.29, 1.82) is 0 Å². The van der Waals surface area contributed by atoms with E-state index < -0.39 is 0 Å². The Balaban J connectivity index is 2.31. The lowest BCUT2D eigenvalue weighted by atomic mass is 9.91. The summed E-state index contributed by atoms with van der Waals surface area (Å²) in [5, 5.41) is 0. The maximum absolute atomic E-state index is 6.00. The van der Waals surface area contributed by atoms with Crippen LogP contribution in [0.15, 0.2) is 36.4 Å². The van der Waals surface area contributed by atoms with Crippen LogP contribution in [-0.2, 0) is 6.42 Å². The molecular formula is C19H25NO3. The van der Waals surface area contributed by atoms with Gasteiger partial charge in [-0.3, -0.25) is 0 Å². The molecule has 0 amide bonds. The molecular weight excluding hydrogens is 290 g/mol. The lowest BCUT2D eigenvalue weighted by Crippen LogP contribution is -2.15. The number of benzene rings is 2. The Bertz CT molecular complexity index is 613. The molecule has 0 aromatic heterocycles. The van der Waals surface area contributed by atoms with Gasteiger partial charge in [-0.2, -0.15) is 0 Å². The highest BCUT2D eigenvalue weighted by Crippen LogP contribution is 2.39. The van der Waals surface area contributed by atoms with E-state index in [1.807, 2.05) is 12.1 Å². The van der Waals surface area contributed by atoms with Crippen molar-refractivity contribution < 1.29 is 14.2 Å². The molecule has 0 aliphatic rings. The van der Waals surface area contributed by atoms with Gasteiger partial charge >= 0.3 is 0 Å². The highest BCUT2D eigenvalue weighted by molar-refractivity contribution is 5.54. The fourth-order valence-corrected chi connectivity index (χ4v) is 2.71. The number of ether oxygens (including phenoxy) is 3. The van der Waals surface area contributed by atoms with E-state index in [0.29, 0.717) is 23.8 Å². The van der Waals surface area contributed by atoms with Crippen molar-refractivity contribution in [3.8, 4) is 17.2 Å². The SMILES string of the molecule is COc1cc(CC(CN)c2ccc(C)cc2)cc(OC)c1OC. The number of hydrogen-bond acceptors (Lipinski definition) is 4. The maximum atomic E-state index is 6.00. The molecule has 4 heteroatoms. The summed E-state index contributed by atoms with van der Waals surface area (Å²) in [6.45, 7) is 2.67. The molecule has 4 nitrogen and oxygen atoms in total. The van der Waals surface area contributed by atoms with Gasteiger partial charge in [-0.25, -0.2) is 0 Å². The molecule has 0 heterocycles. The van der Waals surface area contributed by atoms with E-state index in [9.17, 15) is 0 Å². The average molecular weight is 315 g/mol. The molecule has 0 saturated heterocycles. The summed E-state index contributed by atoms with van der Waals surface area (Å²) in [5.41, 5.74) is 9.60. The van der Waals surface area contributed by atoms with Gasteiger partial charge in [-0.05, 0) is 43.1 Å².